The molecular formula is C20H27N5O2S. The van der Waals surface area contributed by atoms with Crippen LogP contribution in [0.2, 0.25) is 0 Å². The van der Waals surface area contributed by atoms with Crippen molar-refractivity contribution in [3.8, 4) is 0 Å². The highest BCUT2D eigenvalue weighted by atomic mass is 32.2. The number of ether oxygens (including phenoxy) is 1. The Bertz CT molecular complexity index is 913. The Kier molecular flexibility index (Phi) is 5.33. The minimum Gasteiger partial charge on any atom is -0.383 e. The third-order valence-corrected chi connectivity index (χ3v) is 7.13. The summed E-state index contributed by atoms with van der Waals surface area (Å²) < 4.78 is 7.28. The van der Waals surface area contributed by atoms with Crippen molar-refractivity contribution in [1.82, 2.24) is 14.5 Å². The van der Waals surface area contributed by atoms with Crippen LogP contribution >= 0.6 is 11.8 Å². The van der Waals surface area contributed by atoms with Gasteiger partial charge in [0.2, 0.25) is 5.95 Å². The van der Waals surface area contributed by atoms with Crippen LogP contribution in [0.15, 0.2) is 33.0 Å². The number of piperidine rings is 1. The third kappa shape index (κ3) is 3.51. The standard InChI is InChI=1S/C20H27N5O2S/c1-3-14-15(4-8-22-17(14)21)28-16-12-23-19(24(2)18(16)26)25-9-5-20(6-10-25)7-11-27-13-20/h4,8,12H,3,5-7,9-11,13H2,1-2H3,(H2,21,22). The predicted molar refractivity (Wildman–Crippen MR) is 111 cm³/mol. The average molecular weight is 402 g/mol. The van der Waals surface area contributed by atoms with Gasteiger partial charge in [-0.2, -0.15) is 0 Å². The monoisotopic (exact) mass is 401 g/mol. The van der Waals surface area contributed by atoms with E-state index in [0.29, 0.717) is 16.1 Å². The molecule has 0 unspecified atom stereocenters. The lowest BCUT2D eigenvalue weighted by Crippen LogP contribution is -2.43. The lowest BCUT2D eigenvalue weighted by molar-refractivity contribution is 0.133. The number of aromatic nitrogens is 3. The molecule has 2 aromatic heterocycles. The van der Waals surface area contributed by atoms with Crippen molar-refractivity contribution in [2.24, 2.45) is 12.5 Å². The second-order valence-corrected chi connectivity index (χ2v) is 8.79. The minimum absolute atomic E-state index is 0.0306. The van der Waals surface area contributed by atoms with E-state index in [9.17, 15) is 4.79 Å². The number of rotatable bonds is 4. The summed E-state index contributed by atoms with van der Waals surface area (Å²) in [5, 5.41) is 0. The SMILES string of the molecule is CCc1c(Sc2cnc(N3CCC4(CCOC4)CC3)n(C)c2=O)ccnc1N. The van der Waals surface area contributed by atoms with Gasteiger partial charge < -0.3 is 15.4 Å². The van der Waals surface area contributed by atoms with E-state index in [1.807, 2.05) is 13.0 Å². The van der Waals surface area contributed by atoms with E-state index in [1.54, 1.807) is 24.0 Å². The van der Waals surface area contributed by atoms with Gasteiger partial charge in [-0.3, -0.25) is 9.36 Å². The molecule has 4 rings (SSSR count). The second kappa shape index (κ2) is 7.75. The lowest BCUT2D eigenvalue weighted by Gasteiger charge is -2.39. The molecule has 2 N–H and O–H groups in total. The average Bonchev–Trinajstić information content (AvgIpc) is 3.15. The molecule has 0 bridgehead atoms. The van der Waals surface area contributed by atoms with Gasteiger partial charge in [0, 0.05) is 43.4 Å². The van der Waals surface area contributed by atoms with Crippen molar-refractivity contribution in [2.45, 2.75) is 42.4 Å². The quantitative estimate of drug-likeness (QED) is 0.842. The van der Waals surface area contributed by atoms with Gasteiger partial charge in [-0.1, -0.05) is 18.7 Å². The first-order valence-electron chi connectivity index (χ1n) is 9.83. The Labute approximate surface area is 169 Å². The van der Waals surface area contributed by atoms with Crippen LogP contribution in [0.4, 0.5) is 11.8 Å². The molecule has 2 saturated heterocycles. The summed E-state index contributed by atoms with van der Waals surface area (Å²) in [6.45, 7) is 5.61. The highest BCUT2D eigenvalue weighted by Gasteiger charge is 2.38. The van der Waals surface area contributed by atoms with Gasteiger partial charge in [0.25, 0.3) is 5.56 Å². The van der Waals surface area contributed by atoms with Crippen LogP contribution in [0.1, 0.15) is 31.7 Å². The van der Waals surface area contributed by atoms with E-state index >= 15 is 0 Å². The fourth-order valence-electron chi connectivity index (χ4n) is 4.16. The molecule has 150 valence electrons. The molecule has 0 aromatic carbocycles. The molecule has 28 heavy (non-hydrogen) atoms. The molecule has 2 aliphatic heterocycles. The zero-order valence-electron chi connectivity index (χ0n) is 16.5. The number of hydrogen-bond donors (Lipinski definition) is 1. The van der Waals surface area contributed by atoms with E-state index in [-0.39, 0.29) is 5.56 Å². The Morgan fingerprint density at radius 3 is 2.71 bits per heavy atom. The summed E-state index contributed by atoms with van der Waals surface area (Å²) in [6.07, 6.45) is 7.48. The van der Waals surface area contributed by atoms with Crippen LogP contribution in [-0.4, -0.2) is 40.8 Å². The maximum atomic E-state index is 13.0. The van der Waals surface area contributed by atoms with Crippen LogP contribution in [0.3, 0.4) is 0 Å². The third-order valence-electron chi connectivity index (χ3n) is 6.02. The van der Waals surface area contributed by atoms with Crippen molar-refractivity contribution in [3.63, 3.8) is 0 Å². The first-order chi connectivity index (χ1) is 13.5. The van der Waals surface area contributed by atoms with E-state index in [4.69, 9.17) is 10.5 Å². The number of hydrogen-bond acceptors (Lipinski definition) is 7. The van der Waals surface area contributed by atoms with E-state index < -0.39 is 0 Å². The topological polar surface area (TPSA) is 86.3 Å². The Hall–Kier alpha value is -2.06. The van der Waals surface area contributed by atoms with Crippen molar-refractivity contribution in [2.75, 3.05) is 36.9 Å². The summed E-state index contributed by atoms with van der Waals surface area (Å²) >= 11 is 1.41. The van der Waals surface area contributed by atoms with E-state index in [1.165, 1.54) is 11.8 Å². The summed E-state index contributed by atoms with van der Waals surface area (Å²) in [4.78, 5) is 25.6. The molecule has 2 fully saturated rings. The summed E-state index contributed by atoms with van der Waals surface area (Å²) in [7, 11) is 1.80. The zero-order chi connectivity index (χ0) is 19.7. The molecule has 0 radical (unpaired) electrons. The molecule has 8 heteroatoms. The molecule has 1 spiro atoms. The first kappa shape index (κ1) is 19.3. The van der Waals surface area contributed by atoms with Crippen molar-refractivity contribution >= 4 is 23.5 Å². The fraction of sp³-hybridized carbons (Fsp3) is 0.550. The smallest absolute Gasteiger partial charge is 0.268 e. The molecular weight excluding hydrogens is 374 g/mol. The van der Waals surface area contributed by atoms with Gasteiger partial charge in [0.1, 0.15) is 5.82 Å². The molecule has 2 aromatic rings. The number of anilines is 2. The van der Waals surface area contributed by atoms with Crippen LogP contribution in [-0.2, 0) is 18.2 Å². The Balaban J connectivity index is 1.55. The summed E-state index contributed by atoms with van der Waals surface area (Å²) in [5.41, 5.74) is 7.26. The minimum atomic E-state index is -0.0306. The highest BCUT2D eigenvalue weighted by Crippen LogP contribution is 2.39. The largest absolute Gasteiger partial charge is 0.383 e. The molecule has 7 nitrogen and oxygen atoms in total. The second-order valence-electron chi connectivity index (χ2n) is 7.70. The molecule has 0 amide bonds. The van der Waals surface area contributed by atoms with Gasteiger partial charge in [0.15, 0.2) is 0 Å². The number of nitrogen functional groups attached to an aromatic ring is 1. The first-order valence-corrected chi connectivity index (χ1v) is 10.6. The lowest BCUT2D eigenvalue weighted by atomic mass is 9.78. The zero-order valence-corrected chi connectivity index (χ0v) is 17.3. The fourth-order valence-corrected chi connectivity index (χ4v) is 5.23. The van der Waals surface area contributed by atoms with Gasteiger partial charge in [-0.15, -0.1) is 0 Å². The van der Waals surface area contributed by atoms with Crippen LogP contribution in [0.25, 0.3) is 0 Å². The van der Waals surface area contributed by atoms with Crippen molar-refractivity contribution in [3.05, 3.63) is 34.4 Å². The summed E-state index contributed by atoms with van der Waals surface area (Å²) in [5.74, 6) is 1.26. The van der Waals surface area contributed by atoms with Gasteiger partial charge in [-0.05, 0) is 37.2 Å². The van der Waals surface area contributed by atoms with Crippen LogP contribution in [0, 0.1) is 5.41 Å². The highest BCUT2D eigenvalue weighted by molar-refractivity contribution is 7.99. The Morgan fingerprint density at radius 2 is 2.04 bits per heavy atom. The molecule has 2 aliphatic rings. The van der Waals surface area contributed by atoms with E-state index in [0.717, 1.165) is 68.4 Å². The number of nitrogens with two attached hydrogens (primary N) is 1. The molecule has 0 saturated carbocycles. The number of nitrogens with zero attached hydrogens (tertiary/aromatic N) is 4. The predicted octanol–water partition coefficient (Wildman–Crippen LogP) is 2.48. The van der Waals surface area contributed by atoms with Gasteiger partial charge in [0.05, 0.1) is 17.7 Å². The Morgan fingerprint density at radius 1 is 1.25 bits per heavy atom. The molecule has 0 aliphatic carbocycles. The maximum Gasteiger partial charge on any atom is 0.268 e. The molecule has 0 atom stereocenters. The normalized spacial score (nSPS) is 18.7. The van der Waals surface area contributed by atoms with Crippen molar-refractivity contribution < 1.29 is 4.74 Å². The number of pyridine rings is 1. The van der Waals surface area contributed by atoms with E-state index in [2.05, 4.69) is 14.9 Å². The van der Waals surface area contributed by atoms with Crippen molar-refractivity contribution in [1.29, 1.82) is 0 Å². The van der Waals surface area contributed by atoms with Crippen LogP contribution in [0.5, 0.6) is 0 Å². The maximum absolute atomic E-state index is 13.0. The van der Waals surface area contributed by atoms with Gasteiger partial charge in [-0.25, -0.2) is 9.97 Å². The summed E-state index contributed by atoms with van der Waals surface area (Å²) in [6, 6.07) is 1.90. The molecule has 4 heterocycles. The van der Waals surface area contributed by atoms with Gasteiger partial charge >= 0.3 is 0 Å². The van der Waals surface area contributed by atoms with Crippen LogP contribution < -0.4 is 16.2 Å².